The molecule has 1 aromatic heterocycles. The largest absolute Gasteiger partial charge is 0.345 e. The summed E-state index contributed by atoms with van der Waals surface area (Å²) in [7, 11) is 0. The number of amides is 1. The molecule has 0 fully saturated rings. The van der Waals surface area contributed by atoms with Crippen molar-refractivity contribution in [1.82, 2.24) is 25.0 Å². The fourth-order valence-corrected chi connectivity index (χ4v) is 4.24. The van der Waals surface area contributed by atoms with E-state index in [-0.39, 0.29) is 5.91 Å². The SMILES string of the molecule is O=C(NCc1nnc2n1CCN(Cc1cccc3ccccc13)CC2)c1ccccc1. The number of carbonyl (C=O) groups is 1. The molecule has 0 saturated heterocycles. The monoisotopic (exact) mass is 411 g/mol. The molecule has 1 amide bonds. The lowest BCUT2D eigenvalue weighted by atomic mass is 10.0. The zero-order valence-corrected chi connectivity index (χ0v) is 17.4. The molecule has 156 valence electrons. The highest BCUT2D eigenvalue weighted by atomic mass is 16.1. The first kappa shape index (κ1) is 19.5. The van der Waals surface area contributed by atoms with E-state index < -0.39 is 0 Å². The van der Waals surface area contributed by atoms with E-state index in [1.165, 1.54) is 16.3 Å². The molecule has 31 heavy (non-hydrogen) atoms. The zero-order chi connectivity index (χ0) is 21.0. The van der Waals surface area contributed by atoms with Gasteiger partial charge in [-0.2, -0.15) is 0 Å². The van der Waals surface area contributed by atoms with Gasteiger partial charge in [-0.1, -0.05) is 60.7 Å². The number of nitrogens with one attached hydrogen (secondary N) is 1. The van der Waals surface area contributed by atoms with Crippen LogP contribution in [0.25, 0.3) is 10.8 Å². The summed E-state index contributed by atoms with van der Waals surface area (Å²) in [4.78, 5) is 14.8. The molecule has 0 radical (unpaired) electrons. The minimum absolute atomic E-state index is 0.0934. The Kier molecular flexibility index (Phi) is 5.46. The van der Waals surface area contributed by atoms with Crippen molar-refractivity contribution in [1.29, 1.82) is 0 Å². The molecule has 3 aromatic carbocycles. The van der Waals surface area contributed by atoms with Gasteiger partial charge in [0.25, 0.3) is 5.91 Å². The predicted molar refractivity (Wildman–Crippen MR) is 121 cm³/mol. The Morgan fingerprint density at radius 3 is 2.58 bits per heavy atom. The molecule has 1 N–H and O–H groups in total. The number of hydrogen-bond acceptors (Lipinski definition) is 4. The molecule has 0 atom stereocenters. The summed E-state index contributed by atoms with van der Waals surface area (Å²) in [5.41, 5.74) is 2.01. The minimum atomic E-state index is -0.0934. The number of aromatic nitrogens is 3. The average molecular weight is 412 g/mol. The Morgan fingerprint density at radius 1 is 0.871 bits per heavy atom. The van der Waals surface area contributed by atoms with Crippen molar-refractivity contribution in [2.45, 2.75) is 26.1 Å². The standard InChI is InChI=1S/C25H25N5O/c31-25(20-8-2-1-3-9-20)26-17-24-28-27-23-13-14-29(15-16-30(23)24)18-21-11-6-10-19-7-4-5-12-22(19)21/h1-12H,13-18H2,(H,26,31). The molecule has 0 aliphatic carbocycles. The third-order valence-corrected chi connectivity index (χ3v) is 5.91. The van der Waals surface area contributed by atoms with E-state index in [9.17, 15) is 4.79 Å². The smallest absolute Gasteiger partial charge is 0.251 e. The Labute approximate surface area is 181 Å². The third kappa shape index (κ3) is 4.20. The normalized spacial score (nSPS) is 14.2. The van der Waals surface area contributed by atoms with Crippen LogP contribution >= 0.6 is 0 Å². The van der Waals surface area contributed by atoms with Crippen LogP contribution in [0.2, 0.25) is 0 Å². The van der Waals surface area contributed by atoms with Gasteiger partial charge in [-0.05, 0) is 28.5 Å². The predicted octanol–water partition coefficient (Wildman–Crippen LogP) is 3.42. The quantitative estimate of drug-likeness (QED) is 0.547. The lowest BCUT2D eigenvalue weighted by Crippen LogP contribution is -2.28. The van der Waals surface area contributed by atoms with Crippen molar-refractivity contribution in [3.8, 4) is 0 Å². The van der Waals surface area contributed by atoms with Crippen molar-refractivity contribution >= 4 is 16.7 Å². The van der Waals surface area contributed by atoms with Gasteiger partial charge in [0.15, 0.2) is 5.82 Å². The number of rotatable bonds is 5. The third-order valence-electron chi connectivity index (χ3n) is 5.91. The molecule has 1 aliphatic heterocycles. The van der Waals surface area contributed by atoms with Crippen LogP contribution in [0.5, 0.6) is 0 Å². The van der Waals surface area contributed by atoms with Crippen LogP contribution in [0.4, 0.5) is 0 Å². The first-order valence-electron chi connectivity index (χ1n) is 10.7. The summed E-state index contributed by atoms with van der Waals surface area (Å²) in [5, 5.41) is 14.3. The van der Waals surface area contributed by atoms with Crippen molar-refractivity contribution < 1.29 is 4.79 Å². The molecular formula is C25H25N5O. The topological polar surface area (TPSA) is 63.1 Å². The van der Waals surface area contributed by atoms with Gasteiger partial charge in [0.2, 0.25) is 0 Å². The molecule has 5 rings (SSSR count). The van der Waals surface area contributed by atoms with E-state index >= 15 is 0 Å². The van der Waals surface area contributed by atoms with Gasteiger partial charge < -0.3 is 9.88 Å². The van der Waals surface area contributed by atoms with Crippen molar-refractivity contribution in [3.05, 3.63) is 95.6 Å². The van der Waals surface area contributed by atoms with Crippen LogP contribution in [0.3, 0.4) is 0 Å². The Hall–Kier alpha value is -3.51. The fourth-order valence-electron chi connectivity index (χ4n) is 4.24. The van der Waals surface area contributed by atoms with Crippen molar-refractivity contribution in [2.75, 3.05) is 13.1 Å². The van der Waals surface area contributed by atoms with Gasteiger partial charge >= 0.3 is 0 Å². The lowest BCUT2D eigenvalue weighted by Gasteiger charge is -2.20. The summed E-state index contributed by atoms with van der Waals surface area (Å²) in [6.45, 7) is 3.99. The van der Waals surface area contributed by atoms with Gasteiger partial charge in [-0.25, -0.2) is 0 Å². The maximum atomic E-state index is 12.4. The number of benzene rings is 3. The average Bonchev–Trinajstić information content (AvgIpc) is 3.10. The molecule has 4 aromatic rings. The van der Waals surface area contributed by atoms with E-state index in [0.717, 1.165) is 44.2 Å². The molecule has 1 aliphatic rings. The molecule has 0 spiro atoms. The molecule has 0 saturated carbocycles. The first-order chi connectivity index (χ1) is 15.3. The van der Waals surface area contributed by atoms with E-state index in [0.29, 0.717) is 12.1 Å². The Bertz CT molecular complexity index is 1200. The highest BCUT2D eigenvalue weighted by Gasteiger charge is 2.19. The second-order valence-corrected chi connectivity index (χ2v) is 7.90. The van der Waals surface area contributed by atoms with E-state index in [1.54, 1.807) is 0 Å². The van der Waals surface area contributed by atoms with E-state index in [2.05, 4.69) is 67.4 Å². The fraction of sp³-hybridized carbons (Fsp3) is 0.240. The van der Waals surface area contributed by atoms with Gasteiger partial charge in [-0.15, -0.1) is 10.2 Å². The second kappa shape index (κ2) is 8.70. The minimum Gasteiger partial charge on any atom is -0.345 e. The van der Waals surface area contributed by atoms with Crippen LogP contribution in [-0.2, 0) is 26.1 Å². The van der Waals surface area contributed by atoms with Crippen molar-refractivity contribution in [2.24, 2.45) is 0 Å². The second-order valence-electron chi connectivity index (χ2n) is 7.90. The van der Waals surface area contributed by atoms with Crippen LogP contribution in [0.15, 0.2) is 72.8 Å². The molecular weight excluding hydrogens is 386 g/mol. The highest BCUT2D eigenvalue weighted by molar-refractivity contribution is 5.94. The number of carbonyl (C=O) groups excluding carboxylic acids is 1. The van der Waals surface area contributed by atoms with E-state index in [1.807, 2.05) is 30.3 Å². The lowest BCUT2D eigenvalue weighted by molar-refractivity contribution is 0.0949. The van der Waals surface area contributed by atoms with Crippen LogP contribution in [0.1, 0.15) is 27.6 Å². The van der Waals surface area contributed by atoms with E-state index in [4.69, 9.17) is 0 Å². The summed E-state index contributed by atoms with van der Waals surface area (Å²) in [6.07, 6.45) is 0.852. The van der Waals surface area contributed by atoms with Crippen LogP contribution in [0, 0.1) is 0 Å². The molecule has 6 heteroatoms. The summed E-state index contributed by atoms with van der Waals surface area (Å²) < 4.78 is 2.16. The van der Waals surface area contributed by atoms with Crippen LogP contribution < -0.4 is 5.32 Å². The number of hydrogen-bond donors (Lipinski definition) is 1. The molecule has 6 nitrogen and oxygen atoms in total. The first-order valence-corrected chi connectivity index (χ1v) is 10.7. The molecule has 0 bridgehead atoms. The van der Waals surface area contributed by atoms with Crippen molar-refractivity contribution in [3.63, 3.8) is 0 Å². The maximum absolute atomic E-state index is 12.4. The number of nitrogens with zero attached hydrogens (tertiary/aromatic N) is 4. The van der Waals surface area contributed by atoms with Crippen LogP contribution in [-0.4, -0.2) is 38.7 Å². The Morgan fingerprint density at radius 2 is 1.68 bits per heavy atom. The van der Waals surface area contributed by atoms with Gasteiger partial charge in [0.05, 0.1) is 6.54 Å². The molecule has 2 heterocycles. The molecule has 0 unspecified atom stereocenters. The summed E-state index contributed by atoms with van der Waals surface area (Å²) >= 11 is 0. The Balaban J connectivity index is 1.25. The van der Waals surface area contributed by atoms with Gasteiger partial charge in [-0.3, -0.25) is 9.69 Å². The summed E-state index contributed by atoms with van der Waals surface area (Å²) in [6, 6.07) is 24.3. The zero-order valence-electron chi connectivity index (χ0n) is 17.4. The maximum Gasteiger partial charge on any atom is 0.251 e. The number of fused-ring (bicyclic) bond motifs is 2. The highest BCUT2D eigenvalue weighted by Crippen LogP contribution is 2.21. The summed E-state index contributed by atoms with van der Waals surface area (Å²) in [5.74, 6) is 1.71. The van der Waals surface area contributed by atoms with Gasteiger partial charge in [0, 0.05) is 38.2 Å². The van der Waals surface area contributed by atoms with Gasteiger partial charge in [0.1, 0.15) is 5.82 Å².